The molecule has 0 radical (unpaired) electrons. The van der Waals surface area contributed by atoms with E-state index in [0.717, 1.165) is 11.8 Å². The van der Waals surface area contributed by atoms with Crippen LogP contribution in [0.5, 0.6) is 0 Å². The summed E-state index contributed by atoms with van der Waals surface area (Å²) in [7, 11) is 0. The molecule has 1 saturated heterocycles. The molecule has 1 N–H and O–H groups in total. The molecule has 0 amide bonds. The van der Waals surface area contributed by atoms with Crippen LogP contribution >= 0.6 is 0 Å². The predicted molar refractivity (Wildman–Crippen MR) is 29.1 cm³/mol. The minimum Gasteiger partial charge on any atom is -0.316 e. The lowest BCUT2D eigenvalue weighted by Crippen LogP contribution is -2.23. The molecule has 1 aliphatic carbocycles. The minimum atomic E-state index is 1.09. The Hall–Kier alpha value is -0.0400. The number of hydrogen-bond donors (Lipinski definition) is 1. The van der Waals surface area contributed by atoms with Crippen molar-refractivity contribution in [3.05, 3.63) is 0 Å². The van der Waals surface area contributed by atoms with Crippen molar-refractivity contribution in [2.45, 2.75) is 12.8 Å². The van der Waals surface area contributed by atoms with E-state index in [9.17, 15) is 0 Å². The maximum Gasteiger partial charge on any atom is -0.00178 e. The lowest BCUT2D eigenvalue weighted by atomic mass is 10.2. The van der Waals surface area contributed by atoms with Gasteiger partial charge in [0, 0.05) is 0 Å². The fraction of sp³-hybridized carbons (Fsp3) is 1.00. The molecule has 0 aromatic heterocycles. The fourth-order valence-electron chi connectivity index (χ4n) is 1.49. The first-order valence-corrected chi connectivity index (χ1v) is 3.17. The second kappa shape index (κ2) is 1.22. The molecule has 7 heavy (non-hydrogen) atoms. The molecule has 0 aromatic rings. The highest BCUT2D eigenvalue weighted by Crippen LogP contribution is 2.42. The summed E-state index contributed by atoms with van der Waals surface area (Å²) in [6.45, 7) is 2.59. The summed E-state index contributed by atoms with van der Waals surface area (Å²) in [5, 5.41) is 3.38. The maximum absolute atomic E-state index is 3.38. The van der Waals surface area contributed by atoms with Crippen LogP contribution in [0.15, 0.2) is 0 Å². The van der Waals surface area contributed by atoms with Gasteiger partial charge in [-0.2, -0.15) is 0 Å². The van der Waals surface area contributed by atoms with Crippen LogP contribution in [0, 0.1) is 11.8 Å². The summed E-state index contributed by atoms with van der Waals surface area (Å²) >= 11 is 0. The van der Waals surface area contributed by atoms with Gasteiger partial charge < -0.3 is 5.32 Å². The standard InChI is InChI=1S/C6H11N/c1-2-7-4-6-3-5(1)6/h5-7H,1-4H2. The van der Waals surface area contributed by atoms with Gasteiger partial charge in [0.2, 0.25) is 0 Å². The smallest absolute Gasteiger partial charge is 0.00178 e. The van der Waals surface area contributed by atoms with Crippen LogP contribution in [-0.4, -0.2) is 13.1 Å². The van der Waals surface area contributed by atoms with E-state index in [1.807, 2.05) is 0 Å². The van der Waals surface area contributed by atoms with E-state index in [1.54, 1.807) is 0 Å². The molecule has 1 nitrogen and oxygen atoms in total. The topological polar surface area (TPSA) is 12.0 Å². The van der Waals surface area contributed by atoms with Crippen LogP contribution in [0.2, 0.25) is 0 Å². The van der Waals surface area contributed by atoms with Gasteiger partial charge in [-0.25, -0.2) is 0 Å². The van der Waals surface area contributed by atoms with Gasteiger partial charge >= 0.3 is 0 Å². The van der Waals surface area contributed by atoms with Crippen molar-refractivity contribution < 1.29 is 0 Å². The molecule has 40 valence electrons. The van der Waals surface area contributed by atoms with Crippen LogP contribution in [0.25, 0.3) is 0 Å². The van der Waals surface area contributed by atoms with Crippen molar-refractivity contribution in [3.63, 3.8) is 0 Å². The third-order valence-corrected chi connectivity index (χ3v) is 2.17. The Labute approximate surface area is 44.1 Å². The van der Waals surface area contributed by atoms with Gasteiger partial charge in [-0.15, -0.1) is 0 Å². The summed E-state index contributed by atoms with van der Waals surface area (Å²) in [5.41, 5.74) is 0. The van der Waals surface area contributed by atoms with Crippen LogP contribution in [-0.2, 0) is 0 Å². The number of hydrogen-bond acceptors (Lipinski definition) is 1. The average molecular weight is 97.2 g/mol. The zero-order valence-corrected chi connectivity index (χ0v) is 4.48. The van der Waals surface area contributed by atoms with Crippen molar-refractivity contribution in [1.29, 1.82) is 0 Å². The zero-order chi connectivity index (χ0) is 4.69. The normalized spacial score (nSPS) is 48.0. The SMILES string of the molecule is C1CC2CC2CN1. The summed E-state index contributed by atoms with van der Waals surface area (Å²) in [6.07, 6.45) is 2.97. The highest BCUT2D eigenvalue weighted by molar-refractivity contribution is 4.91. The third kappa shape index (κ3) is 0.556. The van der Waals surface area contributed by atoms with Gasteiger partial charge in [0.25, 0.3) is 0 Å². The Morgan fingerprint density at radius 3 is 2.86 bits per heavy atom. The molecule has 1 aliphatic heterocycles. The first-order chi connectivity index (χ1) is 3.47. The predicted octanol–water partition coefficient (Wildman–Crippen LogP) is 0.616. The Morgan fingerprint density at radius 2 is 2.29 bits per heavy atom. The first kappa shape index (κ1) is 3.90. The molecule has 0 bridgehead atoms. The van der Waals surface area contributed by atoms with Gasteiger partial charge in [0.05, 0.1) is 0 Å². The van der Waals surface area contributed by atoms with Crippen LogP contribution in [0.1, 0.15) is 12.8 Å². The van der Waals surface area contributed by atoms with E-state index in [-0.39, 0.29) is 0 Å². The molecule has 2 aliphatic rings. The van der Waals surface area contributed by atoms with Crippen molar-refractivity contribution >= 4 is 0 Å². The van der Waals surface area contributed by atoms with Gasteiger partial charge in [-0.1, -0.05) is 0 Å². The average Bonchev–Trinajstić information content (AvgIpc) is 2.41. The summed E-state index contributed by atoms with van der Waals surface area (Å²) < 4.78 is 0. The van der Waals surface area contributed by atoms with Gasteiger partial charge in [0.1, 0.15) is 0 Å². The molecule has 1 heterocycles. The largest absolute Gasteiger partial charge is 0.316 e. The lowest BCUT2D eigenvalue weighted by Gasteiger charge is -2.08. The van der Waals surface area contributed by atoms with E-state index >= 15 is 0 Å². The van der Waals surface area contributed by atoms with Gasteiger partial charge in [0.15, 0.2) is 0 Å². The fourth-order valence-corrected chi connectivity index (χ4v) is 1.49. The molecular formula is C6H11N. The highest BCUT2D eigenvalue weighted by Gasteiger charge is 2.38. The summed E-state index contributed by atoms with van der Waals surface area (Å²) in [6, 6.07) is 0. The first-order valence-electron chi connectivity index (χ1n) is 3.17. The molecule has 1 heteroatoms. The van der Waals surface area contributed by atoms with Crippen LogP contribution in [0.3, 0.4) is 0 Å². The zero-order valence-electron chi connectivity index (χ0n) is 4.48. The van der Waals surface area contributed by atoms with E-state index in [2.05, 4.69) is 5.32 Å². The number of nitrogens with one attached hydrogen (secondary N) is 1. The molecule has 2 atom stereocenters. The van der Waals surface area contributed by atoms with Gasteiger partial charge in [-0.05, 0) is 37.8 Å². The summed E-state index contributed by atoms with van der Waals surface area (Å²) in [4.78, 5) is 0. The quantitative estimate of drug-likeness (QED) is 0.467. The van der Waals surface area contributed by atoms with E-state index in [4.69, 9.17) is 0 Å². The van der Waals surface area contributed by atoms with E-state index in [0.29, 0.717) is 0 Å². The van der Waals surface area contributed by atoms with Crippen molar-refractivity contribution in [2.24, 2.45) is 11.8 Å². The second-order valence-electron chi connectivity index (χ2n) is 2.75. The molecule has 0 spiro atoms. The summed E-state index contributed by atoms with van der Waals surface area (Å²) in [5.74, 6) is 2.23. The molecular weight excluding hydrogens is 86.1 g/mol. The molecule has 2 fully saturated rings. The monoisotopic (exact) mass is 97.1 g/mol. The molecule has 2 rings (SSSR count). The Balaban J connectivity index is 1.95. The molecule has 0 aromatic carbocycles. The van der Waals surface area contributed by atoms with Gasteiger partial charge in [-0.3, -0.25) is 0 Å². The molecule has 1 saturated carbocycles. The maximum atomic E-state index is 3.38. The Morgan fingerprint density at radius 1 is 1.29 bits per heavy atom. The molecule has 2 unspecified atom stereocenters. The van der Waals surface area contributed by atoms with Crippen molar-refractivity contribution in [2.75, 3.05) is 13.1 Å². The van der Waals surface area contributed by atoms with E-state index < -0.39 is 0 Å². The number of rotatable bonds is 0. The Kier molecular flexibility index (Phi) is 0.680. The number of piperidine rings is 1. The van der Waals surface area contributed by atoms with E-state index in [1.165, 1.54) is 25.9 Å². The van der Waals surface area contributed by atoms with Crippen molar-refractivity contribution in [1.82, 2.24) is 5.32 Å². The van der Waals surface area contributed by atoms with Crippen LogP contribution in [0.4, 0.5) is 0 Å². The number of fused-ring (bicyclic) bond motifs is 1. The second-order valence-corrected chi connectivity index (χ2v) is 2.75. The highest BCUT2D eigenvalue weighted by atomic mass is 14.9. The van der Waals surface area contributed by atoms with Crippen LogP contribution < -0.4 is 5.32 Å². The minimum absolute atomic E-state index is 1.09. The lowest BCUT2D eigenvalue weighted by molar-refractivity contribution is 0.497. The third-order valence-electron chi connectivity index (χ3n) is 2.17. The Bertz CT molecular complexity index is 70.2. The van der Waals surface area contributed by atoms with Crippen molar-refractivity contribution in [3.8, 4) is 0 Å².